The highest BCUT2D eigenvalue weighted by molar-refractivity contribution is 6.74. The highest BCUT2D eigenvalue weighted by Crippen LogP contribution is 2.37. The van der Waals surface area contributed by atoms with E-state index in [4.69, 9.17) is 13.9 Å². The number of esters is 1. The van der Waals surface area contributed by atoms with Crippen molar-refractivity contribution < 1.29 is 23.5 Å². The van der Waals surface area contributed by atoms with E-state index in [9.17, 15) is 9.59 Å². The fourth-order valence-electron chi connectivity index (χ4n) is 2.24. The summed E-state index contributed by atoms with van der Waals surface area (Å²) in [6, 6.07) is -0.757. The normalized spacial score (nSPS) is 14.5. The molecule has 0 spiro atoms. The number of hydrogen-bond acceptors (Lipinski definition) is 5. The molecule has 7 heteroatoms. The molecule has 6 nitrogen and oxygen atoms in total. The second-order valence-electron chi connectivity index (χ2n) is 10.4. The molecular weight excluding hydrogens is 362 g/mol. The number of rotatable bonds is 8. The number of ether oxygens (including phenoxy) is 2. The van der Waals surface area contributed by atoms with Crippen molar-refractivity contribution in [2.75, 3.05) is 13.7 Å². The molecule has 0 aliphatic heterocycles. The van der Waals surface area contributed by atoms with Gasteiger partial charge in [0.2, 0.25) is 0 Å². The summed E-state index contributed by atoms with van der Waals surface area (Å²) in [6.07, 6.45) is 0.606. The van der Waals surface area contributed by atoms with Gasteiger partial charge in [0.1, 0.15) is 11.6 Å². The standard InChI is InChI=1S/C20H41NO5Si/c1-18(2,3)26-17(23)21-15(16(22)24-9)14-20(7,8)12-13-25-27(10,11)19(4,5)6/h15H,12-14H2,1-11H3,(H,21,23)/t15-/m0/s1. The molecule has 0 aliphatic rings. The molecule has 0 aromatic rings. The topological polar surface area (TPSA) is 73.9 Å². The number of amides is 1. The van der Waals surface area contributed by atoms with Crippen LogP contribution in [0.3, 0.4) is 0 Å². The van der Waals surface area contributed by atoms with Crippen molar-refractivity contribution in [2.45, 2.75) is 98.0 Å². The third-order valence-electron chi connectivity index (χ3n) is 4.98. The minimum atomic E-state index is -1.81. The van der Waals surface area contributed by atoms with Gasteiger partial charge in [0.25, 0.3) is 0 Å². The summed E-state index contributed by atoms with van der Waals surface area (Å²) in [7, 11) is -0.489. The number of carbonyl (C=O) groups excluding carboxylic acids is 2. The zero-order valence-corrected chi connectivity index (χ0v) is 20.2. The van der Waals surface area contributed by atoms with Crippen LogP contribution in [0.5, 0.6) is 0 Å². The maximum atomic E-state index is 12.1. The first kappa shape index (κ1) is 25.9. The lowest BCUT2D eigenvalue weighted by atomic mass is 9.83. The van der Waals surface area contributed by atoms with Crippen molar-refractivity contribution >= 4 is 20.4 Å². The van der Waals surface area contributed by atoms with Gasteiger partial charge in [-0.3, -0.25) is 0 Å². The first-order valence-electron chi connectivity index (χ1n) is 9.61. The van der Waals surface area contributed by atoms with E-state index >= 15 is 0 Å². The molecule has 0 saturated carbocycles. The Morgan fingerprint density at radius 2 is 1.52 bits per heavy atom. The molecule has 0 saturated heterocycles. The van der Waals surface area contributed by atoms with E-state index in [1.54, 1.807) is 20.8 Å². The van der Waals surface area contributed by atoms with Crippen LogP contribution in [0.25, 0.3) is 0 Å². The monoisotopic (exact) mass is 403 g/mol. The molecule has 160 valence electrons. The summed E-state index contributed by atoms with van der Waals surface area (Å²) >= 11 is 0. The lowest BCUT2D eigenvalue weighted by Crippen LogP contribution is -2.46. The molecule has 0 aromatic heterocycles. The van der Waals surface area contributed by atoms with Gasteiger partial charge >= 0.3 is 12.1 Å². The van der Waals surface area contributed by atoms with Crippen molar-refractivity contribution in [1.29, 1.82) is 0 Å². The molecule has 0 radical (unpaired) electrons. The van der Waals surface area contributed by atoms with E-state index in [2.05, 4.69) is 53.0 Å². The van der Waals surface area contributed by atoms with Crippen LogP contribution < -0.4 is 5.32 Å². The molecule has 0 unspecified atom stereocenters. The fraction of sp³-hybridized carbons (Fsp3) is 0.900. The van der Waals surface area contributed by atoms with Gasteiger partial charge in [-0.15, -0.1) is 0 Å². The van der Waals surface area contributed by atoms with Crippen LogP contribution in [-0.2, 0) is 18.7 Å². The molecule has 27 heavy (non-hydrogen) atoms. The van der Waals surface area contributed by atoms with Gasteiger partial charge in [0.05, 0.1) is 7.11 Å². The summed E-state index contributed by atoms with van der Waals surface area (Å²) in [5.41, 5.74) is -0.840. The van der Waals surface area contributed by atoms with E-state index in [0.29, 0.717) is 13.0 Å². The zero-order valence-electron chi connectivity index (χ0n) is 19.2. The van der Waals surface area contributed by atoms with Gasteiger partial charge in [0, 0.05) is 6.61 Å². The molecule has 0 rings (SSSR count). The number of carbonyl (C=O) groups is 2. The van der Waals surface area contributed by atoms with E-state index in [1.165, 1.54) is 7.11 Å². The second-order valence-corrected chi connectivity index (χ2v) is 15.3. The Balaban J connectivity index is 4.89. The van der Waals surface area contributed by atoms with E-state index in [0.717, 1.165) is 6.42 Å². The first-order valence-corrected chi connectivity index (χ1v) is 12.5. The lowest BCUT2D eigenvalue weighted by Gasteiger charge is -2.37. The third kappa shape index (κ3) is 10.1. The van der Waals surface area contributed by atoms with Crippen molar-refractivity contribution in [3.05, 3.63) is 0 Å². The average molecular weight is 404 g/mol. The van der Waals surface area contributed by atoms with Crippen molar-refractivity contribution in [3.63, 3.8) is 0 Å². The Labute approximate surface area is 166 Å². The maximum Gasteiger partial charge on any atom is 0.408 e. The van der Waals surface area contributed by atoms with Gasteiger partial charge in [-0.2, -0.15) is 0 Å². The highest BCUT2D eigenvalue weighted by Gasteiger charge is 2.38. The second kappa shape index (κ2) is 9.41. The molecule has 1 amide bonds. The Morgan fingerprint density at radius 3 is 1.93 bits per heavy atom. The molecule has 1 N–H and O–H groups in total. The fourth-order valence-corrected chi connectivity index (χ4v) is 3.28. The van der Waals surface area contributed by atoms with Crippen LogP contribution in [0.2, 0.25) is 18.1 Å². The number of hydrogen-bond donors (Lipinski definition) is 1. The van der Waals surface area contributed by atoms with E-state index in [1.807, 2.05) is 0 Å². The van der Waals surface area contributed by atoms with Gasteiger partial charge in [-0.1, -0.05) is 34.6 Å². The molecule has 1 atom stereocenters. The number of alkyl carbamates (subject to hydrolysis) is 1. The quantitative estimate of drug-likeness (QED) is 0.462. The smallest absolute Gasteiger partial charge is 0.408 e. The van der Waals surface area contributed by atoms with Gasteiger partial charge in [0.15, 0.2) is 8.32 Å². The maximum absolute atomic E-state index is 12.1. The van der Waals surface area contributed by atoms with Gasteiger partial charge in [-0.25, -0.2) is 9.59 Å². The van der Waals surface area contributed by atoms with Crippen LogP contribution in [0.1, 0.15) is 68.2 Å². The molecule has 0 aromatic carbocycles. The predicted octanol–water partition coefficient (Wildman–Crippen LogP) is 4.88. The Kier molecular flexibility index (Phi) is 9.03. The van der Waals surface area contributed by atoms with Crippen LogP contribution >= 0.6 is 0 Å². The minimum absolute atomic E-state index is 0.157. The highest BCUT2D eigenvalue weighted by atomic mass is 28.4. The molecule has 0 bridgehead atoms. The van der Waals surface area contributed by atoms with Crippen molar-refractivity contribution in [2.24, 2.45) is 5.41 Å². The summed E-state index contributed by atoms with van der Waals surface area (Å²) in [4.78, 5) is 24.2. The van der Waals surface area contributed by atoms with Crippen molar-refractivity contribution in [1.82, 2.24) is 5.32 Å². The summed E-state index contributed by atoms with van der Waals surface area (Å²) in [5, 5.41) is 2.80. The average Bonchev–Trinajstić information content (AvgIpc) is 2.41. The SMILES string of the molecule is COC(=O)[C@H](CC(C)(C)CCO[Si](C)(C)C(C)(C)C)NC(=O)OC(C)(C)C. The van der Waals surface area contributed by atoms with Crippen molar-refractivity contribution in [3.8, 4) is 0 Å². The van der Waals surface area contributed by atoms with Crippen LogP contribution in [0.4, 0.5) is 4.79 Å². The predicted molar refractivity (Wildman–Crippen MR) is 111 cm³/mol. The molecule has 0 fully saturated rings. The van der Waals surface area contributed by atoms with Crippen LogP contribution in [0, 0.1) is 5.41 Å². The summed E-state index contributed by atoms with van der Waals surface area (Å²) in [6.45, 7) is 21.2. The molecular formula is C20H41NO5Si. The summed E-state index contributed by atoms with van der Waals surface area (Å²) < 4.78 is 16.4. The van der Waals surface area contributed by atoms with E-state index < -0.39 is 32.0 Å². The largest absolute Gasteiger partial charge is 0.467 e. The van der Waals surface area contributed by atoms with Gasteiger partial charge in [-0.05, 0) is 57.2 Å². The summed E-state index contributed by atoms with van der Waals surface area (Å²) in [5.74, 6) is -0.473. The van der Waals surface area contributed by atoms with Gasteiger partial charge < -0.3 is 19.2 Å². The number of nitrogens with one attached hydrogen (secondary N) is 1. The zero-order chi connectivity index (χ0) is 21.7. The first-order chi connectivity index (χ1) is 11.9. The third-order valence-corrected chi connectivity index (χ3v) is 9.52. The molecule has 0 aliphatic carbocycles. The van der Waals surface area contributed by atoms with Crippen LogP contribution in [0.15, 0.2) is 0 Å². The number of methoxy groups -OCH3 is 1. The molecule has 0 heterocycles. The van der Waals surface area contributed by atoms with Crippen LogP contribution in [-0.4, -0.2) is 45.7 Å². The Bertz CT molecular complexity index is 503. The minimum Gasteiger partial charge on any atom is -0.467 e. The van der Waals surface area contributed by atoms with E-state index in [-0.39, 0.29) is 10.5 Å². The Morgan fingerprint density at radius 1 is 1.00 bits per heavy atom. The Hall–Kier alpha value is -1.08. The lowest BCUT2D eigenvalue weighted by molar-refractivity contribution is -0.144.